The van der Waals surface area contributed by atoms with Crippen molar-refractivity contribution in [1.29, 1.82) is 0 Å². The van der Waals surface area contributed by atoms with E-state index in [2.05, 4.69) is 74.0 Å². The maximum absolute atomic E-state index is 3.74. The highest BCUT2D eigenvalue weighted by atomic mass is 79.9. The van der Waals surface area contributed by atoms with E-state index in [1.54, 1.807) is 0 Å². The lowest BCUT2D eigenvalue weighted by Crippen LogP contribution is -2.29. The Morgan fingerprint density at radius 2 is 1.59 bits per heavy atom. The van der Waals surface area contributed by atoms with Gasteiger partial charge < -0.3 is 0 Å². The molecule has 17 heavy (non-hydrogen) atoms. The zero-order chi connectivity index (χ0) is 12.9. The smallest absolute Gasteiger partial charge is 0.0128 e. The summed E-state index contributed by atoms with van der Waals surface area (Å²) in [5, 5.41) is 1.05. The Balaban J connectivity index is 2.90. The average Bonchev–Trinajstić information content (AvgIpc) is 2.31. The molecule has 0 bridgehead atoms. The molecule has 0 nitrogen and oxygen atoms in total. The van der Waals surface area contributed by atoms with Crippen LogP contribution in [0, 0.1) is 5.41 Å². The normalized spacial score (nSPS) is 15.6. The molecule has 0 saturated heterocycles. The Hall–Kier alpha value is -0.300. The van der Waals surface area contributed by atoms with Gasteiger partial charge in [-0.15, -0.1) is 0 Å². The van der Waals surface area contributed by atoms with Gasteiger partial charge in [0.2, 0.25) is 0 Å². The van der Waals surface area contributed by atoms with Crippen molar-refractivity contribution in [2.24, 2.45) is 5.41 Å². The van der Waals surface area contributed by atoms with Gasteiger partial charge in [0.25, 0.3) is 0 Å². The summed E-state index contributed by atoms with van der Waals surface area (Å²) in [4.78, 5) is 0. The Morgan fingerprint density at radius 1 is 1.00 bits per heavy atom. The molecule has 1 rings (SSSR count). The van der Waals surface area contributed by atoms with Crippen LogP contribution in [-0.4, -0.2) is 5.33 Å². The van der Waals surface area contributed by atoms with E-state index >= 15 is 0 Å². The molecule has 1 aromatic carbocycles. The highest BCUT2D eigenvalue weighted by Gasteiger charge is 2.30. The van der Waals surface area contributed by atoms with Gasteiger partial charge >= 0.3 is 0 Å². The van der Waals surface area contributed by atoms with E-state index in [1.165, 1.54) is 24.8 Å². The third-order valence-corrected chi connectivity index (χ3v) is 4.75. The van der Waals surface area contributed by atoms with Crippen LogP contribution < -0.4 is 0 Å². The van der Waals surface area contributed by atoms with Gasteiger partial charge in [-0.3, -0.25) is 0 Å². The average molecular weight is 297 g/mol. The van der Waals surface area contributed by atoms with Crippen LogP contribution in [-0.2, 0) is 5.41 Å². The third kappa shape index (κ3) is 4.13. The van der Waals surface area contributed by atoms with E-state index in [4.69, 9.17) is 0 Å². The van der Waals surface area contributed by atoms with Gasteiger partial charge in [0.15, 0.2) is 0 Å². The Bertz CT molecular complexity index is 317. The molecule has 1 aromatic rings. The molecule has 0 aliphatic carbocycles. The van der Waals surface area contributed by atoms with Crippen LogP contribution in [0.5, 0.6) is 0 Å². The number of alkyl halides is 1. The second-order valence-corrected chi connectivity index (χ2v) is 6.75. The monoisotopic (exact) mass is 296 g/mol. The fourth-order valence-corrected chi connectivity index (χ4v) is 3.17. The largest absolute Gasteiger partial charge is 0.0918 e. The predicted octanol–water partition coefficient (Wildman–Crippen LogP) is 5.56. The summed E-state index contributed by atoms with van der Waals surface area (Å²) < 4.78 is 0. The lowest BCUT2D eigenvalue weighted by atomic mass is 9.73. The van der Waals surface area contributed by atoms with Crippen LogP contribution in [0.2, 0.25) is 0 Å². The summed E-state index contributed by atoms with van der Waals surface area (Å²) in [6.45, 7) is 9.28. The molecule has 0 spiro atoms. The van der Waals surface area contributed by atoms with Gasteiger partial charge in [-0.2, -0.15) is 0 Å². The minimum Gasteiger partial charge on any atom is -0.0918 e. The number of halogens is 1. The van der Waals surface area contributed by atoms with Gasteiger partial charge in [-0.1, -0.05) is 74.0 Å². The second kappa shape index (κ2) is 6.04. The molecule has 1 unspecified atom stereocenters. The summed E-state index contributed by atoms with van der Waals surface area (Å²) in [6.07, 6.45) is 3.71. The van der Waals surface area contributed by atoms with Gasteiger partial charge in [-0.25, -0.2) is 0 Å². The first-order chi connectivity index (χ1) is 7.93. The molecule has 0 aliphatic rings. The SMILES string of the molecule is CCC(CBr)(CCC(C)(C)C)c1ccccc1. The molecule has 0 heterocycles. The zero-order valence-electron chi connectivity index (χ0n) is 11.6. The molecule has 0 saturated carbocycles. The lowest BCUT2D eigenvalue weighted by Gasteiger charge is -2.34. The number of hydrogen-bond acceptors (Lipinski definition) is 0. The Kier molecular flexibility index (Phi) is 5.24. The number of rotatable bonds is 5. The molecule has 1 heteroatoms. The standard InChI is InChI=1S/C16H25Br/c1-5-16(13-17,12-11-15(2,3)4)14-9-7-6-8-10-14/h6-10H,5,11-13H2,1-4H3. The maximum Gasteiger partial charge on any atom is 0.0128 e. The van der Waals surface area contributed by atoms with E-state index in [-0.39, 0.29) is 0 Å². The van der Waals surface area contributed by atoms with Crippen LogP contribution in [0.1, 0.15) is 52.5 Å². The van der Waals surface area contributed by atoms with E-state index in [9.17, 15) is 0 Å². The van der Waals surface area contributed by atoms with E-state index in [0.29, 0.717) is 10.8 Å². The van der Waals surface area contributed by atoms with Crippen LogP contribution in [0.15, 0.2) is 30.3 Å². The Labute approximate surface area is 115 Å². The third-order valence-electron chi connectivity index (χ3n) is 3.67. The fraction of sp³-hybridized carbons (Fsp3) is 0.625. The lowest BCUT2D eigenvalue weighted by molar-refractivity contribution is 0.301. The van der Waals surface area contributed by atoms with Gasteiger partial charge in [0, 0.05) is 10.7 Å². The molecule has 0 aliphatic heterocycles. The minimum atomic E-state index is 0.300. The minimum absolute atomic E-state index is 0.300. The van der Waals surface area contributed by atoms with Crippen molar-refractivity contribution in [1.82, 2.24) is 0 Å². The first kappa shape index (κ1) is 14.8. The van der Waals surface area contributed by atoms with E-state index in [1.807, 2.05) is 0 Å². The van der Waals surface area contributed by atoms with Crippen LogP contribution >= 0.6 is 15.9 Å². The molecule has 96 valence electrons. The fourth-order valence-electron chi connectivity index (χ4n) is 2.17. The summed E-state index contributed by atoms with van der Waals surface area (Å²) in [7, 11) is 0. The summed E-state index contributed by atoms with van der Waals surface area (Å²) >= 11 is 3.74. The predicted molar refractivity (Wildman–Crippen MR) is 80.9 cm³/mol. The van der Waals surface area contributed by atoms with Crippen molar-refractivity contribution in [2.45, 2.75) is 52.4 Å². The summed E-state index contributed by atoms with van der Waals surface area (Å²) in [5.41, 5.74) is 2.19. The molecule has 0 amide bonds. The highest BCUT2D eigenvalue weighted by Crippen LogP contribution is 2.38. The zero-order valence-corrected chi connectivity index (χ0v) is 13.2. The molecular formula is C16H25Br. The van der Waals surface area contributed by atoms with E-state index in [0.717, 1.165) is 5.33 Å². The highest BCUT2D eigenvalue weighted by molar-refractivity contribution is 9.09. The van der Waals surface area contributed by atoms with Gasteiger partial charge in [0.1, 0.15) is 0 Å². The molecular weight excluding hydrogens is 272 g/mol. The van der Waals surface area contributed by atoms with Crippen LogP contribution in [0.3, 0.4) is 0 Å². The van der Waals surface area contributed by atoms with Crippen molar-refractivity contribution in [3.8, 4) is 0 Å². The van der Waals surface area contributed by atoms with Gasteiger partial charge in [-0.05, 0) is 30.2 Å². The molecule has 0 fully saturated rings. The van der Waals surface area contributed by atoms with Crippen molar-refractivity contribution < 1.29 is 0 Å². The summed E-state index contributed by atoms with van der Waals surface area (Å²) in [5.74, 6) is 0. The van der Waals surface area contributed by atoms with Crippen LogP contribution in [0.25, 0.3) is 0 Å². The first-order valence-corrected chi connectivity index (χ1v) is 7.67. The summed E-state index contributed by atoms with van der Waals surface area (Å²) in [6, 6.07) is 10.9. The Morgan fingerprint density at radius 3 is 2.00 bits per heavy atom. The first-order valence-electron chi connectivity index (χ1n) is 6.55. The number of benzene rings is 1. The van der Waals surface area contributed by atoms with Crippen LogP contribution in [0.4, 0.5) is 0 Å². The van der Waals surface area contributed by atoms with Crippen molar-refractivity contribution in [3.63, 3.8) is 0 Å². The van der Waals surface area contributed by atoms with E-state index < -0.39 is 0 Å². The van der Waals surface area contributed by atoms with Crippen molar-refractivity contribution in [2.75, 3.05) is 5.33 Å². The second-order valence-electron chi connectivity index (χ2n) is 6.19. The molecule has 0 N–H and O–H groups in total. The number of hydrogen-bond donors (Lipinski definition) is 0. The van der Waals surface area contributed by atoms with Gasteiger partial charge in [0.05, 0.1) is 0 Å². The van der Waals surface area contributed by atoms with Crippen molar-refractivity contribution in [3.05, 3.63) is 35.9 Å². The topological polar surface area (TPSA) is 0 Å². The maximum atomic E-state index is 3.74. The quantitative estimate of drug-likeness (QED) is 0.624. The molecule has 0 radical (unpaired) electrons. The van der Waals surface area contributed by atoms with Crippen molar-refractivity contribution >= 4 is 15.9 Å². The molecule has 0 aromatic heterocycles. The molecule has 1 atom stereocenters.